The molecule has 5 rings (SSSR count). The van der Waals surface area contributed by atoms with Gasteiger partial charge in [0, 0.05) is 80.1 Å². The van der Waals surface area contributed by atoms with Crippen LogP contribution in [0.1, 0.15) is 48.3 Å². The predicted octanol–water partition coefficient (Wildman–Crippen LogP) is 3.44. The number of fused-ring (bicyclic) bond motifs is 1. The Morgan fingerprint density at radius 2 is 1.88 bits per heavy atom. The highest BCUT2D eigenvalue weighted by Crippen LogP contribution is 2.38. The normalized spacial score (nSPS) is 17.3. The van der Waals surface area contributed by atoms with E-state index in [0.717, 1.165) is 35.0 Å². The van der Waals surface area contributed by atoms with Gasteiger partial charge in [0.2, 0.25) is 10.0 Å². The van der Waals surface area contributed by atoms with Crippen LogP contribution in [0.15, 0.2) is 41.3 Å². The quantitative estimate of drug-likeness (QED) is 0.286. The van der Waals surface area contributed by atoms with Crippen LogP contribution in [0, 0.1) is 11.6 Å². The highest BCUT2D eigenvalue weighted by atomic mass is 32.2. The number of hydrogen-bond acceptors (Lipinski definition) is 8. The fourth-order valence-electron chi connectivity index (χ4n) is 5.53. The van der Waals surface area contributed by atoms with E-state index in [9.17, 15) is 27.1 Å². The van der Waals surface area contributed by atoms with Gasteiger partial charge in [0.15, 0.2) is 5.82 Å². The van der Waals surface area contributed by atoms with Crippen LogP contribution in [-0.2, 0) is 26.7 Å². The Kier molecular flexibility index (Phi) is 8.75. The summed E-state index contributed by atoms with van der Waals surface area (Å²) in [5, 5.41) is 23.0. The second-order valence-electron chi connectivity index (χ2n) is 11.5. The van der Waals surface area contributed by atoms with Gasteiger partial charge in [0.05, 0.1) is 17.1 Å². The molecule has 0 bridgehead atoms. The average Bonchev–Trinajstić information content (AvgIpc) is 3.36. The van der Waals surface area contributed by atoms with Crippen molar-refractivity contribution in [2.75, 3.05) is 55.5 Å². The molecule has 2 aromatic carbocycles. The van der Waals surface area contributed by atoms with E-state index in [4.69, 9.17) is 4.74 Å². The maximum absolute atomic E-state index is 13.9. The smallest absolute Gasteiger partial charge is 0.258 e. The Morgan fingerprint density at radius 3 is 2.56 bits per heavy atom. The third-order valence-corrected chi connectivity index (χ3v) is 9.63. The fraction of sp³-hybridized carbons (Fsp3) is 0.448. The molecule has 14 heteroatoms. The molecule has 0 atom stereocenters. The molecule has 0 unspecified atom stereocenters. The van der Waals surface area contributed by atoms with E-state index in [1.54, 1.807) is 12.1 Å². The molecule has 4 N–H and O–H groups in total. The first kappa shape index (κ1) is 30.9. The van der Waals surface area contributed by atoms with Crippen LogP contribution in [-0.4, -0.2) is 79.9 Å². The summed E-state index contributed by atoms with van der Waals surface area (Å²) in [6, 6.07) is 7.62. The number of nitrogens with one attached hydrogen (secondary N) is 3. The number of aromatic nitrogens is 2. The van der Waals surface area contributed by atoms with E-state index >= 15 is 0 Å². The lowest BCUT2D eigenvalue weighted by molar-refractivity contribution is 0.0904. The molecule has 2 aliphatic rings. The highest BCUT2D eigenvalue weighted by Gasteiger charge is 2.41. The van der Waals surface area contributed by atoms with Crippen LogP contribution in [0.25, 0.3) is 0 Å². The zero-order chi connectivity index (χ0) is 30.9. The van der Waals surface area contributed by atoms with Crippen molar-refractivity contribution in [1.29, 1.82) is 0 Å². The van der Waals surface area contributed by atoms with E-state index in [0.29, 0.717) is 48.3 Å². The van der Waals surface area contributed by atoms with Gasteiger partial charge >= 0.3 is 0 Å². The lowest BCUT2D eigenvalue weighted by Crippen LogP contribution is -2.45. The molecule has 2 aliphatic heterocycles. The number of benzene rings is 2. The molecule has 3 aromatic rings. The van der Waals surface area contributed by atoms with Crippen LogP contribution in [0.3, 0.4) is 0 Å². The molecule has 232 valence electrons. The van der Waals surface area contributed by atoms with Gasteiger partial charge in [0.1, 0.15) is 11.6 Å². The van der Waals surface area contributed by atoms with Gasteiger partial charge in [-0.2, -0.15) is 9.40 Å². The van der Waals surface area contributed by atoms with Gasteiger partial charge in [-0.05, 0) is 43.2 Å². The molecular weight excluding hydrogens is 582 g/mol. The number of nitrogens with zero attached hydrogens (tertiary/aromatic N) is 3. The summed E-state index contributed by atoms with van der Waals surface area (Å²) in [6.45, 7) is 5.12. The van der Waals surface area contributed by atoms with Gasteiger partial charge in [0.25, 0.3) is 5.91 Å². The number of aliphatic hydroxyl groups excluding tert-OH is 1. The second kappa shape index (κ2) is 12.2. The molecule has 0 aliphatic carbocycles. The number of carbonyl (C=O) groups excluding carboxylic acids is 1. The van der Waals surface area contributed by atoms with Crippen molar-refractivity contribution < 1.29 is 31.8 Å². The van der Waals surface area contributed by atoms with Gasteiger partial charge in [-0.3, -0.25) is 9.89 Å². The first-order valence-electron chi connectivity index (χ1n) is 14.0. The molecular formula is C29H36F2N6O5S. The maximum atomic E-state index is 13.9. The summed E-state index contributed by atoms with van der Waals surface area (Å²) in [5.41, 5.74) is 2.14. The number of amides is 1. The van der Waals surface area contributed by atoms with E-state index < -0.39 is 37.9 Å². The molecule has 1 saturated heterocycles. The third-order valence-electron chi connectivity index (χ3n) is 7.86. The van der Waals surface area contributed by atoms with Crippen molar-refractivity contribution in [2.24, 2.45) is 0 Å². The number of aromatic amines is 1. The van der Waals surface area contributed by atoms with Gasteiger partial charge < -0.3 is 25.4 Å². The molecule has 0 radical (unpaired) electrons. The lowest BCUT2D eigenvalue weighted by atomic mass is 9.84. The van der Waals surface area contributed by atoms with Crippen molar-refractivity contribution in [2.45, 2.75) is 49.6 Å². The maximum Gasteiger partial charge on any atom is 0.258 e. The van der Waals surface area contributed by atoms with E-state index in [2.05, 4.69) is 20.8 Å². The minimum Gasteiger partial charge on any atom is -0.395 e. The third kappa shape index (κ3) is 6.51. The number of rotatable bonds is 9. The van der Waals surface area contributed by atoms with Crippen molar-refractivity contribution in [3.05, 3.63) is 64.9 Å². The molecule has 3 heterocycles. The molecule has 1 amide bonds. The van der Waals surface area contributed by atoms with Gasteiger partial charge in [-0.25, -0.2) is 17.2 Å². The largest absolute Gasteiger partial charge is 0.395 e. The van der Waals surface area contributed by atoms with E-state index in [1.165, 1.54) is 0 Å². The zero-order valence-corrected chi connectivity index (χ0v) is 25.1. The zero-order valence-electron chi connectivity index (χ0n) is 24.3. The van der Waals surface area contributed by atoms with Crippen LogP contribution in [0.5, 0.6) is 0 Å². The van der Waals surface area contributed by atoms with Crippen LogP contribution in [0.4, 0.5) is 26.0 Å². The molecule has 0 saturated carbocycles. The average molecular weight is 619 g/mol. The minimum atomic E-state index is -4.28. The first-order valence-corrected chi connectivity index (χ1v) is 15.5. The Hall–Kier alpha value is -3.59. The van der Waals surface area contributed by atoms with Crippen molar-refractivity contribution >= 4 is 33.1 Å². The van der Waals surface area contributed by atoms with Gasteiger partial charge in [-0.15, -0.1) is 0 Å². The van der Waals surface area contributed by atoms with Gasteiger partial charge in [-0.1, -0.05) is 13.8 Å². The van der Waals surface area contributed by atoms with Crippen molar-refractivity contribution in [3.63, 3.8) is 0 Å². The summed E-state index contributed by atoms with van der Waals surface area (Å²) in [5.74, 6) is -2.28. The minimum absolute atomic E-state index is 0.0248. The Balaban J connectivity index is 1.44. The van der Waals surface area contributed by atoms with Crippen LogP contribution >= 0.6 is 0 Å². The summed E-state index contributed by atoms with van der Waals surface area (Å²) in [4.78, 5) is 15.1. The molecule has 0 spiro atoms. The fourth-order valence-corrected chi connectivity index (χ4v) is 7.15. The molecule has 11 nitrogen and oxygen atoms in total. The summed E-state index contributed by atoms with van der Waals surface area (Å²) >= 11 is 0. The first-order chi connectivity index (χ1) is 20.4. The van der Waals surface area contributed by atoms with Crippen LogP contribution < -0.4 is 15.5 Å². The van der Waals surface area contributed by atoms with E-state index in [-0.39, 0.29) is 31.6 Å². The number of anilines is 3. The molecule has 1 fully saturated rings. The van der Waals surface area contributed by atoms with Crippen molar-refractivity contribution in [1.82, 2.24) is 14.5 Å². The predicted molar refractivity (Wildman–Crippen MR) is 158 cm³/mol. The number of carbonyl (C=O) groups is 1. The number of halogens is 2. The summed E-state index contributed by atoms with van der Waals surface area (Å²) < 4.78 is 61.4. The second-order valence-corrected chi connectivity index (χ2v) is 13.5. The standard InChI is InChI=1S/C29H36F2N6O5S/c1-29(2)17-37(43(40,41)22-13-18(30)12-19(31)14-22)16-24-26(29)34-35-27(24)33-28(39)23-5-4-21(36(3)8-9-38)15-25(23)32-20-6-10-42-11-7-20/h4-5,12-15,20,32,38H,6-11,16-17H2,1-3H3,(H2,33,34,35,39). The summed E-state index contributed by atoms with van der Waals surface area (Å²) in [6.07, 6.45) is 1.55. The Labute approximate surface area is 249 Å². The molecule has 1 aromatic heterocycles. The summed E-state index contributed by atoms with van der Waals surface area (Å²) in [7, 11) is -2.43. The number of H-pyrrole nitrogens is 1. The number of likely N-dealkylation sites (N-methyl/N-ethyl adjacent to an activating group) is 1. The number of sulfonamides is 1. The van der Waals surface area contributed by atoms with Crippen molar-refractivity contribution in [3.8, 4) is 0 Å². The van der Waals surface area contributed by atoms with Crippen LogP contribution in [0.2, 0.25) is 0 Å². The lowest BCUT2D eigenvalue weighted by Gasteiger charge is -2.36. The number of aliphatic hydroxyl groups is 1. The monoisotopic (exact) mass is 618 g/mol. The topological polar surface area (TPSA) is 140 Å². The van der Waals surface area contributed by atoms with E-state index in [1.807, 2.05) is 31.9 Å². The SMILES string of the molecule is CN(CCO)c1ccc(C(=O)Nc2n[nH]c3c2CN(S(=O)(=O)c2cc(F)cc(F)c2)CC3(C)C)c(NC2CCOCC2)c1. The number of ether oxygens (including phenoxy) is 1. The Morgan fingerprint density at radius 1 is 1.19 bits per heavy atom. The Bertz CT molecular complexity index is 1590. The number of hydrogen-bond donors (Lipinski definition) is 4. The highest BCUT2D eigenvalue weighted by molar-refractivity contribution is 7.89. The molecule has 43 heavy (non-hydrogen) atoms.